The molecule has 9 heteroatoms. The molecule has 0 aliphatic heterocycles. The van der Waals surface area contributed by atoms with Crippen LogP contribution in [0.3, 0.4) is 0 Å². The number of alkyl halides is 3. The fraction of sp³-hybridized carbons (Fsp3) is 0.200. The Morgan fingerprint density at radius 2 is 1.66 bits per heavy atom. The quantitative estimate of drug-likeness (QED) is 0.459. The maximum absolute atomic E-state index is 12.9. The highest BCUT2D eigenvalue weighted by atomic mass is 32.2. The van der Waals surface area contributed by atoms with Gasteiger partial charge in [0.15, 0.2) is 5.69 Å². The molecular weight excluding hydrogens is 403 g/mol. The average Bonchev–Trinajstić information content (AvgIpc) is 3.17. The minimum Gasteiger partial charge on any atom is -0.276 e. The van der Waals surface area contributed by atoms with Gasteiger partial charge < -0.3 is 0 Å². The fourth-order valence-electron chi connectivity index (χ4n) is 2.80. The third kappa shape index (κ3) is 4.30. The zero-order valence-electron chi connectivity index (χ0n) is 15.9. The Bertz CT molecular complexity index is 999. The predicted molar refractivity (Wildman–Crippen MR) is 105 cm³/mol. The first kappa shape index (κ1) is 20.9. The summed E-state index contributed by atoms with van der Waals surface area (Å²) >= 11 is 1.58. The van der Waals surface area contributed by atoms with Crippen molar-refractivity contribution in [2.24, 2.45) is 0 Å². The molecule has 0 fully saturated rings. The van der Waals surface area contributed by atoms with Crippen molar-refractivity contribution in [1.82, 2.24) is 15.3 Å². The number of carbonyl (C=O) groups is 1. The molecule has 3 aromatic rings. The molecule has 0 saturated carbocycles. The second kappa shape index (κ2) is 8.30. The maximum Gasteiger partial charge on any atom is 0.416 e. The van der Waals surface area contributed by atoms with Crippen molar-refractivity contribution in [3.05, 3.63) is 59.8 Å². The third-order valence-electron chi connectivity index (χ3n) is 4.41. The van der Waals surface area contributed by atoms with Gasteiger partial charge in [-0.1, -0.05) is 24.3 Å². The first-order chi connectivity index (χ1) is 13.8. The van der Waals surface area contributed by atoms with Crippen LogP contribution in [0.5, 0.6) is 0 Å². The van der Waals surface area contributed by atoms with Crippen LogP contribution in [0.2, 0.25) is 0 Å². The molecule has 29 heavy (non-hydrogen) atoms. The van der Waals surface area contributed by atoms with E-state index in [-0.39, 0.29) is 5.69 Å². The van der Waals surface area contributed by atoms with Gasteiger partial charge in [0.05, 0.1) is 18.4 Å². The Morgan fingerprint density at radius 1 is 1.07 bits per heavy atom. The summed E-state index contributed by atoms with van der Waals surface area (Å²) < 4.78 is 38.8. The van der Waals surface area contributed by atoms with Crippen molar-refractivity contribution in [3.63, 3.8) is 0 Å². The predicted octanol–water partition coefficient (Wildman–Crippen LogP) is 5.12. The van der Waals surface area contributed by atoms with Gasteiger partial charge in [-0.25, -0.2) is 5.06 Å². The van der Waals surface area contributed by atoms with E-state index in [0.29, 0.717) is 16.8 Å². The molecule has 0 spiro atoms. The fourth-order valence-corrected chi connectivity index (χ4v) is 3.21. The molecule has 1 amide bonds. The van der Waals surface area contributed by atoms with Crippen LogP contribution in [0, 0.1) is 0 Å². The highest BCUT2D eigenvalue weighted by molar-refractivity contribution is 7.98. The number of nitrogens with zero attached hydrogens (tertiary/aromatic N) is 2. The van der Waals surface area contributed by atoms with E-state index in [1.54, 1.807) is 11.8 Å². The van der Waals surface area contributed by atoms with E-state index in [0.717, 1.165) is 27.7 Å². The van der Waals surface area contributed by atoms with Crippen LogP contribution in [-0.2, 0) is 11.0 Å². The summed E-state index contributed by atoms with van der Waals surface area (Å²) in [5.74, 6) is -0.523. The average molecular weight is 421 g/mol. The van der Waals surface area contributed by atoms with Crippen LogP contribution < -0.4 is 0 Å². The van der Waals surface area contributed by atoms with Crippen LogP contribution in [0.4, 0.5) is 13.2 Å². The zero-order chi connectivity index (χ0) is 21.2. The minimum absolute atomic E-state index is 0.0538. The Labute approximate surface area is 169 Å². The zero-order valence-corrected chi connectivity index (χ0v) is 16.7. The Kier molecular flexibility index (Phi) is 5.99. The van der Waals surface area contributed by atoms with E-state index in [2.05, 4.69) is 10.2 Å². The molecule has 1 aromatic heterocycles. The molecule has 5 nitrogen and oxygen atoms in total. The number of hydrogen-bond donors (Lipinski definition) is 1. The van der Waals surface area contributed by atoms with Crippen LogP contribution in [0.15, 0.2) is 53.4 Å². The first-order valence-corrected chi connectivity index (χ1v) is 9.71. The lowest BCUT2D eigenvalue weighted by Crippen LogP contribution is -2.26. The topological polar surface area (TPSA) is 58.2 Å². The number of aromatic amines is 1. The highest BCUT2D eigenvalue weighted by Crippen LogP contribution is 2.36. The molecule has 3 rings (SSSR count). The number of halogens is 3. The van der Waals surface area contributed by atoms with E-state index in [1.807, 2.05) is 30.5 Å². The SMILES string of the molecule is CON(C)C(=O)c1n[nH]c(-c2ccc(SC)cc2)c1-c1ccc(C(F)(F)F)cc1. The summed E-state index contributed by atoms with van der Waals surface area (Å²) in [7, 11) is 2.77. The number of nitrogens with one attached hydrogen (secondary N) is 1. The Hall–Kier alpha value is -2.78. The number of thioether (sulfide) groups is 1. The third-order valence-corrected chi connectivity index (χ3v) is 5.15. The lowest BCUT2D eigenvalue weighted by Gasteiger charge is -2.14. The van der Waals surface area contributed by atoms with Gasteiger partial charge in [0, 0.05) is 23.1 Å². The van der Waals surface area contributed by atoms with Crippen LogP contribution in [0.1, 0.15) is 16.1 Å². The molecule has 1 N–H and O–H groups in total. The summed E-state index contributed by atoms with van der Waals surface area (Å²) in [6.45, 7) is 0. The van der Waals surface area contributed by atoms with Crippen LogP contribution in [0.25, 0.3) is 22.4 Å². The lowest BCUT2D eigenvalue weighted by atomic mass is 9.97. The van der Waals surface area contributed by atoms with E-state index in [4.69, 9.17) is 4.84 Å². The van der Waals surface area contributed by atoms with Gasteiger partial charge >= 0.3 is 6.18 Å². The van der Waals surface area contributed by atoms with Crippen molar-refractivity contribution in [3.8, 4) is 22.4 Å². The lowest BCUT2D eigenvalue weighted by molar-refractivity contribution is -0.137. The Balaban J connectivity index is 2.15. The second-order valence-electron chi connectivity index (χ2n) is 6.11. The molecule has 0 bridgehead atoms. The molecule has 0 aliphatic carbocycles. The van der Waals surface area contributed by atoms with Crippen molar-refractivity contribution < 1.29 is 22.8 Å². The largest absolute Gasteiger partial charge is 0.416 e. The van der Waals surface area contributed by atoms with E-state index in [1.165, 1.54) is 26.3 Å². The smallest absolute Gasteiger partial charge is 0.276 e. The monoisotopic (exact) mass is 421 g/mol. The summed E-state index contributed by atoms with van der Waals surface area (Å²) in [6, 6.07) is 12.2. The second-order valence-corrected chi connectivity index (χ2v) is 6.99. The normalized spacial score (nSPS) is 11.5. The number of hydroxylamine groups is 2. The molecule has 2 aromatic carbocycles. The molecule has 0 unspecified atom stereocenters. The van der Waals surface area contributed by atoms with Gasteiger partial charge in [-0.05, 0) is 36.1 Å². The van der Waals surface area contributed by atoms with Gasteiger partial charge in [-0.2, -0.15) is 18.3 Å². The van der Waals surface area contributed by atoms with Gasteiger partial charge in [0.25, 0.3) is 5.91 Å². The number of amides is 1. The summed E-state index contributed by atoms with van der Waals surface area (Å²) in [5, 5.41) is 7.98. The van der Waals surface area contributed by atoms with Crippen molar-refractivity contribution in [2.75, 3.05) is 20.4 Å². The van der Waals surface area contributed by atoms with Crippen LogP contribution in [-0.4, -0.2) is 41.6 Å². The van der Waals surface area contributed by atoms with E-state index in [9.17, 15) is 18.0 Å². The summed E-state index contributed by atoms with van der Waals surface area (Å²) in [4.78, 5) is 18.7. The standard InChI is InChI=1S/C20H18F3N3O2S/c1-26(28-2)19(27)18-16(12-4-8-14(9-5-12)20(21,22)23)17(24-25-18)13-6-10-15(29-3)11-7-13/h4-11H,1-3H3,(H,24,25). The summed E-state index contributed by atoms with van der Waals surface area (Å²) in [5.41, 5.74) is 1.42. The van der Waals surface area contributed by atoms with Gasteiger partial charge in [-0.3, -0.25) is 14.7 Å². The van der Waals surface area contributed by atoms with Gasteiger partial charge in [0.2, 0.25) is 0 Å². The number of carbonyl (C=O) groups excluding carboxylic acids is 1. The van der Waals surface area contributed by atoms with Gasteiger partial charge in [-0.15, -0.1) is 11.8 Å². The number of hydrogen-bond acceptors (Lipinski definition) is 4. The molecule has 0 aliphatic rings. The van der Waals surface area contributed by atoms with Crippen molar-refractivity contribution in [2.45, 2.75) is 11.1 Å². The molecule has 152 valence electrons. The molecular formula is C20H18F3N3O2S. The number of benzene rings is 2. The minimum atomic E-state index is -4.44. The molecule has 0 radical (unpaired) electrons. The van der Waals surface area contributed by atoms with Crippen molar-refractivity contribution in [1.29, 1.82) is 0 Å². The van der Waals surface area contributed by atoms with Crippen LogP contribution >= 0.6 is 11.8 Å². The molecule has 1 heterocycles. The Morgan fingerprint density at radius 3 is 2.17 bits per heavy atom. The van der Waals surface area contributed by atoms with E-state index < -0.39 is 17.6 Å². The summed E-state index contributed by atoms with van der Waals surface area (Å²) in [6.07, 6.45) is -2.49. The highest BCUT2D eigenvalue weighted by Gasteiger charge is 2.31. The number of H-pyrrole nitrogens is 1. The number of aromatic nitrogens is 2. The number of rotatable bonds is 5. The molecule has 0 atom stereocenters. The van der Waals surface area contributed by atoms with Gasteiger partial charge in [0.1, 0.15) is 0 Å². The maximum atomic E-state index is 12.9. The van der Waals surface area contributed by atoms with E-state index >= 15 is 0 Å². The first-order valence-electron chi connectivity index (χ1n) is 8.49. The molecule has 0 saturated heterocycles. The van der Waals surface area contributed by atoms with Crippen molar-refractivity contribution >= 4 is 17.7 Å².